The number of hydrogen-bond acceptors (Lipinski definition) is 7. The van der Waals surface area contributed by atoms with Gasteiger partial charge < -0.3 is 30.0 Å². The highest BCUT2D eigenvalue weighted by atomic mass is 32.2. The summed E-state index contributed by atoms with van der Waals surface area (Å²) < 4.78 is 55.7. The SMILES string of the molecule is CN(C)CCOC1CCC(Nc2cc(-n3c4c(c5c3CC(C)(C)CS5(=O)=O)COC4)cc(F)c2C(N)=O)CC1. The summed E-state index contributed by atoms with van der Waals surface area (Å²) in [6.07, 6.45) is 4.05. The van der Waals surface area contributed by atoms with Gasteiger partial charge in [-0.15, -0.1) is 0 Å². The molecule has 0 spiro atoms. The van der Waals surface area contributed by atoms with Crippen LogP contribution in [-0.4, -0.2) is 68.9 Å². The number of fused-ring (bicyclic) bond motifs is 3. The lowest BCUT2D eigenvalue weighted by Gasteiger charge is -2.32. The predicted octanol–water partition coefficient (Wildman–Crippen LogP) is 3.40. The molecule has 214 valence electrons. The zero-order chi connectivity index (χ0) is 28.1. The average Bonchev–Trinajstić information content (AvgIpc) is 3.38. The first kappa shape index (κ1) is 28.1. The van der Waals surface area contributed by atoms with Gasteiger partial charge >= 0.3 is 0 Å². The van der Waals surface area contributed by atoms with Gasteiger partial charge in [-0.25, -0.2) is 12.8 Å². The molecule has 3 heterocycles. The van der Waals surface area contributed by atoms with Crippen LogP contribution in [0.2, 0.25) is 0 Å². The summed E-state index contributed by atoms with van der Waals surface area (Å²) in [5.74, 6) is -1.54. The number of nitrogens with zero attached hydrogens (tertiary/aromatic N) is 2. The van der Waals surface area contributed by atoms with Gasteiger partial charge in [0, 0.05) is 23.8 Å². The van der Waals surface area contributed by atoms with Gasteiger partial charge in [-0.05, 0) is 63.7 Å². The number of amides is 1. The lowest BCUT2D eigenvalue weighted by Crippen LogP contribution is -2.33. The molecule has 0 saturated heterocycles. The summed E-state index contributed by atoms with van der Waals surface area (Å²) in [5, 5.41) is 3.38. The number of likely N-dealkylation sites (N-methyl/N-ethyl adjacent to an activating group) is 1. The van der Waals surface area contributed by atoms with Crippen LogP contribution in [0, 0.1) is 11.2 Å². The number of halogens is 1. The Balaban J connectivity index is 1.48. The number of primary amides is 1. The molecule has 0 atom stereocenters. The number of nitrogens with one attached hydrogen (secondary N) is 1. The molecule has 1 saturated carbocycles. The van der Waals surface area contributed by atoms with Gasteiger partial charge in [0.05, 0.1) is 59.2 Å². The summed E-state index contributed by atoms with van der Waals surface area (Å²) in [5.41, 5.74) is 7.74. The molecule has 3 aliphatic rings. The Hall–Kier alpha value is -2.47. The summed E-state index contributed by atoms with van der Waals surface area (Å²) in [4.78, 5) is 14.7. The Morgan fingerprint density at radius 3 is 2.59 bits per heavy atom. The van der Waals surface area contributed by atoms with Gasteiger partial charge in [0.25, 0.3) is 5.91 Å². The number of anilines is 1. The second kappa shape index (κ2) is 10.5. The van der Waals surface area contributed by atoms with Crippen LogP contribution in [0.5, 0.6) is 0 Å². The van der Waals surface area contributed by atoms with E-state index in [-0.39, 0.29) is 36.7 Å². The van der Waals surface area contributed by atoms with Crippen molar-refractivity contribution in [2.45, 2.75) is 76.2 Å². The number of carbonyl (C=O) groups excluding carboxylic acids is 1. The lowest BCUT2D eigenvalue weighted by molar-refractivity contribution is 0.0196. The highest BCUT2D eigenvalue weighted by Crippen LogP contribution is 2.44. The zero-order valence-electron chi connectivity index (χ0n) is 23.2. The Bertz CT molecular complexity index is 1380. The average molecular weight is 563 g/mol. The molecule has 3 N–H and O–H groups in total. The third-order valence-electron chi connectivity index (χ3n) is 7.95. The number of sulfone groups is 1. The fourth-order valence-corrected chi connectivity index (χ4v) is 8.62. The maximum atomic E-state index is 15.5. The van der Waals surface area contributed by atoms with Crippen LogP contribution in [0.25, 0.3) is 5.69 Å². The molecular weight excluding hydrogens is 523 g/mol. The Morgan fingerprint density at radius 2 is 1.92 bits per heavy atom. The molecule has 2 aliphatic heterocycles. The Labute approximate surface area is 229 Å². The number of hydrogen-bond donors (Lipinski definition) is 2. The third-order valence-corrected chi connectivity index (χ3v) is 10.2. The van der Waals surface area contributed by atoms with E-state index in [2.05, 4.69) is 10.2 Å². The van der Waals surface area contributed by atoms with Crippen molar-refractivity contribution >= 4 is 21.4 Å². The van der Waals surface area contributed by atoms with Crippen molar-refractivity contribution in [3.63, 3.8) is 0 Å². The molecule has 1 fully saturated rings. The summed E-state index contributed by atoms with van der Waals surface area (Å²) >= 11 is 0. The van der Waals surface area contributed by atoms with E-state index in [9.17, 15) is 13.2 Å². The summed E-state index contributed by atoms with van der Waals surface area (Å²) in [7, 11) is 0.482. The first-order valence-electron chi connectivity index (χ1n) is 13.6. The minimum absolute atomic E-state index is 0.0263. The van der Waals surface area contributed by atoms with Crippen LogP contribution in [0.15, 0.2) is 17.0 Å². The lowest BCUT2D eigenvalue weighted by atomic mass is 9.89. The van der Waals surface area contributed by atoms with Crippen LogP contribution in [0.4, 0.5) is 10.1 Å². The third kappa shape index (κ3) is 5.59. The molecule has 5 rings (SSSR count). The van der Waals surface area contributed by atoms with Crippen molar-refractivity contribution < 1.29 is 27.1 Å². The van der Waals surface area contributed by atoms with E-state index in [1.165, 1.54) is 6.07 Å². The fourth-order valence-electron chi connectivity index (χ4n) is 6.27. The van der Waals surface area contributed by atoms with Crippen LogP contribution < -0.4 is 11.1 Å². The smallest absolute Gasteiger partial charge is 0.253 e. The van der Waals surface area contributed by atoms with Crippen molar-refractivity contribution in [3.05, 3.63) is 40.5 Å². The van der Waals surface area contributed by atoms with Crippen LogP contribution >= 0.6 is 0 Å². The molecule has 0 radical (unpaired) electrons. The highest BCUT2D eigenvalue weighted by molar-refractivity contribution is 7.91. The number of benzene rings is 1. The number of aromatic nitrogens is 1. The molecule has 11 heteroatoms. The maximum absolute atomic E-state index is 15.5. The van der Waals surface area contributed by atoms with E-state index in [0.717, 1.165) is 32.2 Å². The van der Waals surface area contributed by atoms with Crippen molar-refractivity contribution in [2.75, 3.05) is 38.3 Å². The van der Waals surface area contributed by atoms with E-state index in [0.29, 0.717) is 46.2 Å². The largest absolute Gasteiger partial charge is 0.382 e. The Kier molecular flexibility index (Phi) is 7.56. The minimum Gasteiger partial charge on any atom is -0.382 e. The van der Waals surface area contributed by atoms with Gasteiger partial charge in [-0.1, -0.05) is 13.8 Å². The standard InChI is InChI=1S/C28H39FN4O5S/c1-28(2)13-23-26(39(35,36)16-28)20-14-37-15-24(20)33(23)18-11-21(29)25(27(30)34)22(12-18)31-17-5-7-19(8-6-17)38-10-9-32(3)4/h11-12,17,19,31H,5-10,13-16H2,1-4H3,(H2,30,34). The van der Waals surface area contributed by atoms with Gasteiger partial charge in [-0.3, -0.25) is 4.79 Å². The zero-order valence-corrected chi connectivity index (χ0v) is 24.0. The molecule has 1 aromatic heterocycles. The van der Waals surface area contributed by atoms with Crippen molar-refractivity contribution in [1.29, 1.82) is 0 Å². The number of rotatable bonds is 8. The number of ether oxygens (including phenoxy) is 2. The normalized spacial score (nSPS) is 23.4. The molecule has 1 aliphatic carbocycles. The van der Waals surface area contributed by atoms with E-state index >= 15 is 4.39 Å². The first-order chi connectivity index (χ1) is 18.4. The van der Waals surface area contributed by atoms with Crippen LogP contribution in [0.1, 0.15) is 66.8 Å². The fraction of sp³-hybridized carbons (Fsp3) is 0.607. The first-order valence-corrected chi connectivity index (χ1v) is 15.2. The van der Waals surface area contributed by atoms with Crippen molar-refractivity contribution in [1.82, 2.24) is 9.47 Å². The number of nitrogens with two attached hydrogens (primary N) is 1. The van der Waals surface area contributed by atoms with Gasteiger partial charge in [0.15, 0.2) is 9.84 Å². The molecule has 39 heavy (non-hydrogen) atoms. The summed E-state index contributed by atoms with van der Waals surface area (Å²) in [6, 6.07) is 3.02. The second-order valence-corrected chi connectivity index (χ2v) is 14.1. The van der Waals surface area contributed by atoms with Crippen molar-refractivity contribution in [2.24, 2.45) is 11.1 Å². The van der Waals surface area contributed by atoms with Crippen LogP contribution in [-0.2, 0) is 38.9 Å². The minimum atomic E-state index is -3.54. The van der Waals surface area contributed by atoms with E-state index < -0.39 is 27.0 Å². The molecule has 9 nitrogen and oxygen atoms in total. The summed E-state index contributed by atoms with van der Waals surface area (Å²) in [6.45, 7) is 5.84. The topological polar surface area (TPSA) is 116 Å². The van der Waals surface area contributed by atoms with Crippen LogP contribution in [0.3, 0.4) is 0 Å². The predicted molar refractivity (Wildman–Crippen MR) is 146 cm³/mol. The van der Waals surface area contributed by atoms with Gasteiger partial charge in [0.2, 0.25) is 0 Å². The number of carbonyl (C=O) groups is 1. The quantitative estimate of drug-likeness (QED) is 0.507. The molecule has 0 bridgehead atoms. The monoisotopic (exact) mass is 562 g/mol. The molecule has 1 aromatic carbocycles. The van der Waals surface area contributed by atoms with Gasteiger partial charge in [-0.2, -0.15) is 0 Å². The maximum Gasteiger partial charge on any atom is 0.253 e. The molecule has 0 unspecified atom stereocenters. The van der Waals surface area contributed by atoms with E-state index in [1.54, 1.807) is 6.07 Å². The molecule has 1 amide bonds. The van der Waals surface area contributed by atoms with E-state index in [4.69, 9.17) is 15.2 Å². The molecular formula is C28H39FN4O5S. The van der Waals surface area contributed by atoms with E-state index in [1.807, 2.05) is 32.5 Å². The van der Waals surface area contributed by atoms with Gasteiger partial charge in [0.1, 0.15) is 5.82 Å². The Morgan fingerprint density at radius 1 is 1.21 bits per heavy atom. The molecule has 2 aromatic rings. The highest BCUT2D eigenvalue weighted by Gasteiger charge is 2.43. The second-order valence-electron chi connectivity index (χ2n) is 12.1. The van der Waals surface area contributed by atoms with Crippen molar-refractivity contribution in [3.8, 4) is 5.69 Å².